The van der Waals surface area contributed by atoms with Gasteiger partial charge < -0.3 is 10.2 Å². The van der Waals surface area contributed by atoms with E-state index in [1.165, 1.54) is 0 Å². The maximum atomic E-state index is 11.6. The normalized spacial score (nSPS) is 20.8. The van der Waals surface area contributed by atoms with Crippen LogP contribution in [-0.2, 0) is 4.79 Å². The molecule has 1 N–H and O–H groups in total. The molecule has 1 aromatic rings. The molecular formula is C10H14N4O. The van der Waals surface area contributed by atoms with Crippen molar-refractivity contribution in [2.45, 2.75) is 19.4 Å². The number of nitrogens with one attached hydrogen (secondary N) is 1. The zero-order chi connectivity index (χ0) is 10.8. The number of hydrogen-bond donors (Lipinski definition) is 1. The number of aryl methyl sites for hydroxylation is 1. The minimum atomic E-state index is -0.148. The summed E-state index contributed by atoms with van der Waals surface area (Å²) in [5.74, 6) is 0.825. The molecule has 1 aliphatic heterocycles. The molecule has 1 unspecified atom stereocenters. The summed E-state index contributed by atoms with van der Waals surface area (Å²) in [5, 5.41) is 3.12. The van der Waals surface area contributed by atoms with Crippen LogP contribution in [0.5, 0.6) is 0 Å². The lowest BCUT2D eigenvalue weighted by Gasteiger charge is -2.13. The Morgan fingerprint density at radius 1 is 1.47 bits per heavy atom. The van der Waals surface area contributed by atoms with E-state index in [0.29, 0.717) is 5.82 Å². The zero-order valence-electron chi connectivity index (χ0n) is 8.90. The van der Waals surface area contributed by atoms with Gasteiger partial charge in [-0.3, -0.25) is 9.78 Å². The predicted molar refractivity (Wildman–Crippen MR) is 56.4 cm³/mol. The van der Waals surface area contributed by atoms with Crippen LogP contribution in [0.15, 0.2) is 12.4 Å². The zero-order valence-corrected chi connectivity index (χ0v) is 8.90. The Bertz CT molecular complexity index is 379. The maximum absolute atomic E-state index is 11.6. The molecule has 5 nitrogen and oxygen atoms in total. The van der Waals surface area contributed by atoms with Gasteiger partial charge in [-0.25, -0.2) is 4.98 Å². The Hall–Kier alpha value is -1.65. The summed E-state index contributed by atoms with van der Waals surface area (Å²) < 4.78 is 0. The largest absolute Gasteiger partial charge is 0.357 e. The van der Waals surface area contributed by atoms with E-state index in [4.69, 9.17) is 0 Å². The molecule has 1 aromatic heterocycles. The number of likely N-dealkylation sites (N-methyl/N-ethyl adjacent to an activating group) is 1. The molecule has 1 aliphatic rings. The predicted octanol–water partition coefficient (Wildman–Crippen LogP) is 0.428. The van der Waals surface area contributed by atoms with Crippen molar-refractivity contribution in [2.75, 3.05) is 18.9 Å². The van der Waals surface area contributed by atoms with Crippen LogP contribution in [0.3, 0.4) is 0 Å². The summed E-state index contributed by atoms with van der Waals surface area (Å²) in [6.45, 7) is 2.67. The first kappa shape index (κ1) is 9.89. The number of likely N-dealkylation sites (tertiary alicyclic amines) is 1. The van der Waals surface area contributed by atoms with E-state index in [1.54, 1.807) is 17.3 Å². The average molecular weight is 206 g/mol. The second kappa shape index (κ2) is 3.84. The summed E-state index contributed by atoms with van der Waals surface area (Å²) in [4.78, 5) is 21.6. The van der Waals surface area contributed by atoms with E-state index >= 15 is 0 Å². The molecule has 0 saturated carbocycles. The SMILES string of the molecule is Cc1nccnc1NC1CCN(C)C1=O. The lowest BCUT2D eigenvalue weighted by molar-refractivity contribution is -0.127. The van der Waals surface area contributed by atoms with Gasteiger partial charge in [0.25, 0.3) is 0 Å². The number of carbonyl (C=O) groups excluding carboxylic acids is 1. The number of amides is 1. The monoisotopic (exact) mass is 206 g/mol. The van der Waals surface area contributed by atoms with Crippen molar-refractivity contribution < 1.29 is 4.79 Å². The van der Waals surface area contributed by atoms with E-state index < -0.39 is 0 Å². The molecule has 1 fully saturated rings. The smallest absolute Gasteiger partial charge is 0.244 e. The van der Waals surface area contributed by atoms with Crippen LogP contribution < -0.4 is 5.32 Å². The van der Waals surface area contributed by atoms with Crippen LogP contribution in [0.4, 0.5) is 5.82 Å². The highest BCUT2D eigenvalue weighted by Crippen LogP contribution is 2.15. The number of anilines is 1. The van der Waals surface area contributed by atoms with Gasteiger partial charge in [-0.15, -0.1) is 0 Å². The highest BCUT2D eigenvalue weighted by atomic mass is 16.2. The third-order valence-corrected chi connectivity index (χ3v) is 2.62. The van der Waals surface area contributed by atoms with Crippen LogP contribution in [0.1, 0.15) is 12.1 Å². The van der Waals surface area contributed by atoms with E-state index in [1.807, 2.05) is 14.0 Å². The first-order valence-electron chi connectivity index (χ1n) is 4.97. The van der Waals surface area contributed by atoms with Gasteiger partial charge in [0.1, 0.15) is 11.9 Å². The molecule has 80 valence electrons. The van der Waals surface area contributed by atoms with Gasteiger partial charge in [0.2, 0.25) is 5.91 Å². The van der Waals surface area contributed by atoms with Gasteiger partial charge >= 0.3 is 0 Å². The number of rotatable bonds is 2. The maximum Gasteiger partial charge on any atom is 0.244 e. The molecule has 1 atom stereocenters. The fraction of sp³-hybridized carbons (Fsp3) is 0.500. The van der Waals surface area contributed by atoms with Crippen LogP contribution >= 0.6 is 0 Å². The number of nitrogens with zero attached hydrogens (tertiary/aromatic N) is 3. The Morgan fingerprint density at radius 3 is 2.80 bits per heavy atom. The van der Waals surface area contributed by atoms with Gasteiger partial charge in [0.15, 0.2) is 0 Å². The highest BCUT2D eigenvalue weighted by Gasteiger charge is 2.29. The molecule has 0 aromatic carbocycles. The third kappa shape index (κ3) is 1.91. The van der Waals surface area contributed by atoms with E-state index in [-0.39, 0.29) is 11.9 Å². The van der Waals surface area contributed by atoms with E-state index in [2.05, 4.69) is 15.3 Å². The van der Waals surface area contributed by atoms with Gasteiger partial charge in [0, 0.05) is 26.0 Å². The Labute approximate surface area is 88.5 Å². The lowest BCUT2D eigenvalue weighted by Crippen LogP contribution is -2.31. The van der Waals surface area contributed by atoms with E-state index in [0.717, 1.165) is 18.7 Å². The van der Waals surface area contributed by atoms with Crippen molar-refractivity contribution in [3.63, 3.8) is 0 Å². The van der Waals surface area contributed by atoms with E-state index in [9.17, 15) is 4.79 Å². The summed E-state index contributed by atoms with van der Waals surface area (Å²) in [5.41, 5.74) is 0.819. The molecule has 0 spiro atoms. The Morgan fingerprint density at radius 2 is 2.20 bits per heavy atom. The molecule has 2 rings (SSSR count). The van der Waals surface area contributed by atoms with Crippen molar-refractivity contribution in [3.05, 3.63) is 18.1 Å². The van der Waals surface area contributed by atoms with Crippen molar-refractivity contribution in [2.24, 2.45) is 0 Å². The van der Waals surface area contributed by atoms with Gasteiger partial charge in [-0.2, -0.15) is 0 Å². The molecule has 1 saturated heterocycles. The standard InChI is InChI=1S/C10H14N4O/c1-7-9(12-5-4-11-7)13-8-3-6-14(2)10(8)15/h4-5,8H,3,6H2,1-2H3,(H,12,13). The first-order valence-corrected chi connectivity index (χ1v) is 4.97. The van der Waals surface area contributed by atoms with Crippen molar-refractivity contribution >= 4 is 11.7 Å². The van der Waals surface area contributed by atoms with Gasteiger partial charge in [-0.05, 0) is 13.3 Å². The summed E-state index contributed by atoms with van der Waals surface area (Å²) in [7, 11) is 1.81. The summed E-state index contributed by atoms with van der Waals surface area (Å²) in [6, 6.07) is -0.148. The van der Waals surface area contributed by atoms with Crippen molar-refractivity contribution in [1.82, 2.24) is 14.9 Å². The van der Waals surface area contributed by atoms with Crippen molar-refractivity contribution in [3.8, 4) is 0 Å². The molecule has 15 heavy (non-hydrogen) atoms. The van der Waals surface area contributed by atoms with Gasteiger partial charge in [-0.1, -0.05) is 0 Å². The molecule has 2 heterocycles. The molecule has 0 aliphatic carbocycles. The third-order valence-electron chi connectivity index (χ3n) is 2.62. The number of hydrogen-bond acceptors (Lipinski definition) is 4. The Balaban J connectivity index is 2.10. The molecule has 0 bridgehead atoms. The average Bonchev–Trinajstić information content (AvgIpc) is 2.53. The fourth-order valence-electron chi connectivity index (χ4n) is 1.67. The fourth-order valence-corrected chi connectivity index (χ4v) is 1.67. The van der Waals surface area contributed by atoms with Crippen molar-refractivity contribution in [1.29, 1.82) is 0 Å². The van der Waals surface area contributed by atoms with Crippen LogP contribution in [0, 0.1) is 6.92 Å². The molecular weight excluding hydrogens is 192 g/mol. The minimum absolute atomic E-state index is 0.125. The van der Waals surface area contributed by atoms with Gasteiger partial charge in [0.05, 0.1) is 5.69 Å². The molecule has 1 amide bonds. The summed E-state index contributed by atoms with van der Waals surface area (Å²) in [6.07, 6.45) is 4.09. The Kier molecular flexibility index (Phi) is 2.53. The van der Waals surface area contributed by atoms with Crippen LogP contribution in [-0.4, -0.2) is 40.4 Å². The van der Waals surface area contributed by atoms with Crippen LogP contribution in [0.25, 0.3) is 0 Å². The number of carbonyl (C=O) groups is 1. The molecule has 5 heteroatoms. The number of aromatic nitrogens is 2. The minimum Gasteiger partial charge on any atom is -0.357 e. The second-order valence-electron chi connectivity index (χ2n) is 3.74. The quantitative estimate of drug-likeness (QED) is 0.762. The summed E-state index contributed by atoms with van der Waals surface area (Å²) >= 11 is 0. The topological polar surface area (TPSA) is 58.1 Å². The highest BCUT2D eigenvalue weighted by molar-refractivity contribution is 5.86. The first-order chi connectivity index (χ1) is 7.18. The van der Waals surface area contributed by atoms with Crippen LogP contribution in [0.2, 0.25) is 0 Å². The second-order valence-corrected chi connectivity index (χ2v) is 3.74. The lowest BCUT2D eigenvalue weighted by atomic mass is 10.2. The molecule has 0 radical (unpaired) electrons.